The van der Waals surface area contributed by atoms with Gasteiger partial charge in [0.25, 0.3) is 0 Å². The van der Waals surface area contributed by atoms with Gasteiger partial charge in [0.05, 0.1) is 0 Å². The molecule has 64 valence electrons. The highest BCUT2D eigenvalue weighted by Crippen LogP contribution is 2.40. The molecule has 0 heterocycles. The lowest BCUT2D eigenvalue weighted by molar-refractivity contribution is 1.25. The maximum Gasteiger partial charge on any atom is 0.0107 e. The standard InChI is InChI=1S/C11H14S/c1-8-3-4-9(2)11(7-8)12-10-5-6-10/h3-4,7,10H,5-6H2,1-2H3. The molecule has 1 saturated carbocycles. The number of hydrogen-bond donors (Lipinski definition) is 0. The summed E-state index contributed by atoms with van der Waals surface area (Å²) in [5, 5.41) is 0.922. The van der Waals surface area contributed by atoms with Crippen molar-refractivity contribution in [3.63, 3.8) is 0 Å². The van der Waals surface area contributed by atoms with Gasteiger partial charge in [0.2, 0.25) is 0 Å². The van der Waals surface area contributed by atoms with Crippen LogP contribution in [0.5, 0.6) is 0 Å². The third kappa shape index (κ3) is 1.84. The molecule has 0 amide bonds. The smallest absolute Gasteiger partial charge is 0.0107 e. The zero-order chi connectivity index (χ0) is 8.55. The average Bonchev–Trinajstić information content (AvgIpc) is 2.81. The first-order chi connectivity index (χ1) is 5.75. The highest BCUT2D eigenvalue weighted by molar-refractivity contribution is 8.00. The monoisotopic (exact) mass is 178 g/mol. The zero-order valence-electron chi connectivity index (χ0n) is 7.63. The number of hydrogen-bond acceptors (Lipinski definition) is 1. The van der Waals surface area contributed by atoms with Gasteiger partial charge in [0.15, 0.2) is 0 Å². The van der Waals surface area contributed by atoms with E-state index in [4.69, 9.17) is 0 Å². The van der Waals surface area contributed by atoms with Crippen molar-refractivity contribution in [3.05, 3.63) is 29.3 Å². The molecule has 1 aliphatic carbocycles. The Bertz CT molecular complexity index is 287. The predicted octanol–water partition coefficient (Wildman–Crippen LogP) is 3.56. The molecule has 0 aromatic heterocycles. The Balaban J connectivity index is 2.21. The van der Waals surface area contributed by atoms with Gasteiger partial charge < -0.3 is 0 Å². The predicted molar refractivity (Wildman–Crippen MR) is 54.8 cm³/mol. The molecule has 0 spiro atoms. The lowest BCUT2D eigenvalue weighted by Gasteiger charge is -2.04. The van der Waals surface area contributed by atoms with Crippen molar-refractivity contribution in [2.45, 2.75) is 36.8 Å². The quantitative estimate of drug-likeness (QED) is 0.667. The maximum atomic E-state index is 2.30. The van der Waals surface area contributed by atoms with Gasteiger partial charge in [-0.2, -0.15) is 0 Å². The van der Waals surface area contributed by atoms with Gasteiger partial charge in [-0.05, 0) is 38.3 Å². The SMILES string of the molecule is Cc1ccc(C)c(SC2CC2)c1. The maximum absolute atomic E-state index is 2.30. The first-order valence-corrected chi connectivity index (χ1v) is 5.37. The zero-order valence-corrected chi connectivity index (χ0v) is 8.45. The molecule has 1 heteroatoms. The fourth-order valence-electron chi connectivity index (χ4n) is 1.20. The Morgan fingerprint density at radius 3 is 2.67 bits per heavy atom. The van der Waals surface area contributed by atoms with Crippen molar-refractivity contribution < 1.29 is 0 Å². The molecule has 1 aromatic rings. The van der Waals surface area contributed by atoms with Crippen LogP contribution in [0.1, 0.15) is 24.0 Å². The van der Waals surface area contributed by atoms with Crippen LogP contribution in [0.3, 0.4) is 0 Å². The summed E-state index contributed by atoms with van der Waals surface area (Å²) >= 11 is 2.05. The highest BCUT2D eigenvalue weighted by Gasteiger charge is 2.22. The molecule has 0 nitrogen and oxygen atoms in total. The van der Waals surface area contributed by atoms with E-state index >= 15 is 0 Å². The summed E-state index contributed by atoms with van der Waals surface area (Å²) in [5.74, 6) is 0. The lowest BCUT2D eigenvalue weighted by atomic mass is 10.2. The van der Waals surface area contributed by atoms with Crippen molar-refractivity contribution >= 4 is 11.8 Å². The number of aryl methyl sites for hydroxylation is 2. The van der Waals surface area contributed by atoms with Crippen LogP contribution in [0.25, 0.3) is 0 Å². The minimum Gasteiger partial charge on any atom is -0.122 e. The normalized spacial score (nSPS) is 16.5. The number of thioether (sulfide) groups is 1. The van der Waals surface area contributed by atoms with Crippen LogP contribution in [0.15, 0.2) is 23.1 Å². The van der Waals surface area contributed by atoms with Gasteiger partial charge in [-0.15, -0.1) is 11.8 Å². The third-order valence-corrected chi connectivity index (χ3v) is 3.66. The topological polar surface area (TPSA) is 0 Å². The van der Waals surface area contributed by atoms with E-state index in [2.05, 4.69) is 43.8 Å². The number of rotatable bonds is 2. The molecule has 1 aromatic carbocycles. The Morgan fingerprint density at radius 1 is 1.25 bits per heavy atom. The van der Waals surface area contributed by atoms with E-state index in [-0.39, 0.29) is 0 Å². The second-order valence-corrected chi connectivity index (χ2v) is 4.93. The molecule has 0 bridgehead atoms. The summed E-state index contributed by atoms with van der Waals surface area (Å²) in [6.07, 6.45) is 2.83. The minimum absolute atomic E-state index is 0.922. The summed E-state index contributed by atoms with van der Waals surface area (Å²) in [7, 11) is 0. The molecule has 0 aliphatic heterocycles. The molecule has 2 rings (SSSR count). The molecule has 12 heavy (non-hydrogen) atoms. The average molecular weight is 178 g/mol. The first kappa shape index (κ1) is 8.18. The first-order valence-electron chi connectivity index (χ1n) is 4.49. The summed E-state index contributed by atoms with van der Waals surface area (Å²) in [6, 6.07) is 6.71. The van der Waals surface area contributed by atoms with Crippen LogP contribution in [-0.2, 0) is 0 Å². The van der Waals surface area contributed by atoms with Gasteiger partial charge in [0.1, 0.15) is 0 Å². The second kappa shape index (κ2) is 3.14. The van der Waals surface area contributed by atoms with E-state index in [1.807, 2.05) is 0 Å². The van der Waals surface area contributed by atoms with Gasteiger partial charge >= 0.3 is 0 Å². The summed E-state index contributed by atoms with van der Waals surface area (Å²) in [6.45, 7) is 4.36. The van der Waals surface area contributed by atoms with E-state index in [0.717, 1.165) is 5.25 Å². The van der Waals surface area contributed by atoms with Crippen LogP contribution in [-0.4, -0.2) is 5.25 Å². The summed E-state index contributed by atoms with van der Waals surface area (Å²) in [5.41, 5.74) is 2.81. The van der Waals surface area contributed by atoms with Crippen molar-refractivity contribution in [1.82, 2.24) is 0 Å². The van der Waals surface area contributed by atoms with E-state index in [0.29, 0.717) is 0 Å². The van der Waals surface area contributed by atoms with Gasteiger partial charge in [-0.1, -0.05) is 17.7 Å². The van der Waals surface area contributed by atoms with E-state index < -0.39 is 0 Å². The Kier molecular flexibility index (Phi) is 2.14. The molecule has 0 saturated heterocycles. The van der Waals surface area contributed by atoms with Gasteiger partial charge in [-0.25, -0.2) is 0 Å². The molecule has 0 unspecified atom stereocenters. The third-order valence-electron chi connectivity index (χ3n) is 2.16. The van der Waals surface area contributed by atoms with Crippen LogP contribution in [0.2, 0.25) is 0 Å². The highest BCUT2D eigenvalue weighted by atomic mass is 32.2. The van der Waals surface area contributed by atoms with Crippen molar-refractivity contribution in [2.24, 2.45) is 0 Å². The van der Waals surface area contributed by atoms with Crippen LogP contribution in [0, 0.1) is 13.8 Å². The molecular weight excluding hydrogens is 164 g/mol. The lowest BCUT2D eigenvalue weighted by Crippen LogP contribution is -1.82. The summed E-state index contributed by atoms with van der Waals surface area (Å²) < 4.78 is 0. The van der Waals surface area contributed by atoms with E-state index in [9.17, 15) is 0 Å². The Hall–Kier alpha value is -0.430. The van der Waals surface area contributed by atoms with Crippen LogP contribution < -0.4 is 0 Å². The molecule has 0 atom stereocenters. The largest absolute Gasteiger partial charge is 0.122 e. The molecule has 0 radical (unpaired) electrons. The van der Waals surface area contributed by atoms with Crippen LogP contribution >= 0.6 is 11.8 Å². The fourth-order valence-corrected chi connectivity index (χ4v) is 2.44. The second-order valence-electron chi connectivity index (χ2n) is 3.59. The Labute approximate surface area is 78.4 Å². The Morgan fingerprint density at radius 2 is 2.00 bits per heavy atom. The van der Waals surface area contributed by atoms with E-state index in [1.54, 1.807) is 0 Å². The van der Waals surface area contributed by atoms with Gasteiger partial charge in [-0.3, -0.25) is 0 Å². The van der Waals surface area contributed by atoms with Crippen molar-refractivity contribution in [3.8, 4) is 0 Å². The molecule has 0 N–H and O–H groups in total. The van der Waals surface area contributed by atoms with Crippen molar-refractivity contribution in [1.29, 1.82) is 0 Å². The number of benzene rings is 1. The van der Waals surface area contributed by atoms with Crippen molar-refractivity contribution in [2.75, 3.05) is 0 Å². The molecule has 1 fully saturated rings. The van der Waals surface area contributed by atoms with Gasteiger partial charge in [0, 0.05) is 10.1 Å². The van der Waals surface area contributed by atoms with E-state index in [1.165, 1.54) is 28.9 Å². The minimum atomic E-state index is 0.922. The summed E-state index contributed by atoms with van der Waals surface area (Å²) in [4.78, 5) is 1.48. The fraction of sp³-hybridized carbons (Fsp3) is 0.455. The molecular formula is C11H14S. The molecule has 1 aliphatic rings. The van der Waals surface area contributed by atoms with Crippen LogP contribution in [0.4, 0.5) is 0 Å².